The van der Waals surface area contributed by atoms with E-state index in [9.17, 15) is 4.79 Å². The highest BCUT2D eigenvalue weighted by Gasteiger charge is 2.15. The van der Waals surface area contributed by atoms with Gasteiger partial charge in [0.2, 0.25) is 5.89 Å². The number of hydrogen-bond acceptors (Lipinski definition) is 4. The van der Waals surface area contributed by atoms with Gasteiger partial charge in [0.05, 0.1) is 0 Å². The summed E-state index contributed by atoms with van der Waals surface area (Å²) in [6, 6.07) is 19.3. The van der Waals surface area contributed by atoms with E-state index in [2.05, 4.69) is 4.98 Å². The molecule has 0 radical (unpaired) electrons. The molecule has 4 heteroatoms. The molecule has 0 aliphatic rings. The molecule has 4 aromatic rings. The number of fused-ring (bicyclic) bond motifs is 1. The maximum absolute atomic E-state index is 12.5. The van der Waals surface area contributed by atoms with Crippen LogP contribution in [0.3, 0.4) is 0 Å². The molecule has 0 aliphatic carbocycles. The van der Waals surface area contributed by atoms with Crippen molar-refractivity contribution in [1.82, 2.24) is 4.98 Å². The van der Waals surface area contributed by atoms with Gasteiger partial charge in [-0.05, 0) is 17.7 Å². The Morgan fingerprint density at radius 2 is 1.50 bits per heavy atom. The van der Waals surface area contributed by atoms with Crippen molar-refractivity contribution in [3.05, 3.63) is 76.4 Å². The first kappa shape index (κ1) is 13.0. The topological polar surface area (TPSA) is 43.1 Å². The second kappa shape index (κ2) is 5.24. The number of thiophene rings is 1. The van der Waals surface area contributed by atoms with Crippen LogP contribution in [0.25, 0.3) is 32.9 Å². The molecule has 0 unspecified atom stereocenters. The van der Waals surface area contributed by atoms with Gasteiger partial charge in [-0.25, -0.2) is 0 Å². The Morgan fingerprint density at radius 3 is 2.18 bits per heavy atom. The van der Waals surface area contributed by atoms with Crippen LogP contribution in [0.4, 0.5) is 0 Å². The average molecular weight is 305 g/mol. The van der Waals surface area contributed by atoms with E-state index in [-0.39, 0.29) is 5.56 Å². The van der Waals surface area contributed by atoms with E-state index in [4.69, 9.17) is 4.42 Å². The van der Waals surface area contributed by atoms with E-state index >= 15 is 0 Å². The molecule has 0 saturated carbocycles. The minimum atomic E-state index is -0.250. The summed E-state index contributed by atoms with van der Waals surface area (Å²) in [4.78, 5) is 17.2. The zero-order valence-electron chi connectivity index (χ0n) is 11.5. The van der Waals surface area contributed by atoms with Crippen LogP contribution in [-0.2, 0) is 0 Å². The lowest BCUT2D eigenvalue weighted by Crippen LogP contribution is -2.06. The predicted molar refractivity (Wildman–Crippen MR) is 89.0 cm³/mol. The van der Waals surface area contributed by atoms with Crippen LogP contribution in [0, 0.1) is 0 Å². The normalized spacial score (nSPS) is 10.9. The van der Waals surface area contributed by atoms with Gasteiger partial charge in [-0.2, -0.15) is 4.98 Å². The van der Waals surface area contributed by atoms with Crippen molar-refractivity contribution >= 4 is 21.6 Å². The number of hydrogen-bond donors (Lipinski definition) is 0. The molecular weight excluding hydrogens is 294 g/mol. The van der Waals surface area contributed by atoms with Gasteiger partial charge in [0, 0.05) is 16.5 Å². The highest BCUT2D eigenvalue weighted by molar-refractivity contribution is 7.17. The summed E-state index contributed by atoms with van der Waals surface area (Å²) in [5, 5.41) is 2.50. The summed E-state index contributed by atoms with van der Waals surface area (Å²) in [7, 11) is 0. The second-order valence-electron chi connectivity index (χ2n) is 4.87. The van der Waals surface area contributed by atoms with Crippen molar-refractivity contribution in [2.24, 2.45) is 0 Å². The lowest BCUT2D eigenvalue weighted by molar-refractivity contribution is 0.603. The van der Waals surface area contributed by atoms with E-state index < -0.39 is 0 Å². The zero-order valence-corrected chi connectivity index (χ0v) is 12.3. The molecule has 22 heavy (non-hydrogen) atoms. The molecule has 106 valence electrons. The van der Waals surface area contributed by atoms with Gasteiger partial charge in [-0.3, -0.25) is 4.79 Å². The molecule has 0 N–H and O–H groups in total. The Bertz CT molecular complexity index is 988. The van der Waals surface area contributed by atoms with Gasteiger partial charge in [0.1, 0.15) is 5.39 Å². The molecule has 2 heterocycles. The second-order valence-corrected chi connectivity index (χ2v) is 5.71. The van der Waals surface area contributed by atoms with E-state index in [0.717, 1.165) is 16.7 Å². The Kier molecular flexibility index (Phi) is 3.09. The maximum atomic E-state index is 12.5. The summed E-state index contributed by atoms with van der Waals surface area (Å²) < 4.78 is 5.84. The molecule has 0 aliphatic heterocycles. The Hall–Kier alpha value is -2.72. The number of aromatic nitrogens is 1. The molecule has 3 nitrogen and oxygen atoms in total. The van der Waals surface area contributed by atoms with Crippen LogP contribution in [0.1, 0.15) is 0 Å². The van der Waals surface area contributed by atoms with Crippen LogP contribution in [0.15, 0.2) is 75.3 Å². The smallest absolute Gasteiger partial charge is 0.285 e. The SMILES string of the molecule is O=c1nc(-c2ccccc2)oc2scc(-c3ccccc3)c12. The third-order valence-electron chi connectivity index (χ3n) is 3.47. The molecule has 0 amide bonds. The van der Waals surface area contributed by atoms with Crippen LogP contribution in [-0.4, -0.2) is 4.98 Å². The van der Waals surface area contributed by atoms with Crippen LogP contribution in [0.2, 0.25) is 0 Å². The molecule has 0 fully saturated rings. The van der Waals surface area contributed by atoms with Gasteiger partial charge in [0.25, 0.3) is 5.56 Å². The molecule has 0 saturated heterocycles. The molecule has 0 bridgehead atoms. The first-order valence-electron chi connectivity index (χ1n) is 6.86. The molecule has 2 aromatic heterocycles. The summed E-state index contributed by atoms with van der Waals surface area (Å²) in [5.41, 5.74) is 2.42. The van der Waals surface area contributed by atoms with Crippen molar-refractivity contribution in [2.75, 3.05) is 0 Å². The summed E-state index contributed by atoms with van der Waals surface area (Å²) in [6.07, 6.45) is 0. The first-order chi connectivity index (χ1) is 10.8. The molecule has 2 aromatic carbocycles. The summed E-state index contributed by atoms with van der Waals surface area (Å²) in [5.74, 6) is 0.361. The van der Waals surface area contributed by atoms with Gasteiger partial charge >= 0.3 is 0 Å². The summed E-state index contributed by atoms with van der Waals surface area (Å²) >= 11 is 1.43. The number of nitrogens with zero attached hydrogens (tertiary/aromatic N) is 1. The third kappa shape index (κ3) is 2.14. The number of rotatable bonds is 2. The van der Waals surface area contributed by atoms with Crippen molar-refractivity contribution in [3.63, 3.8) is 0 Å². The highest BCUT2D eigenvalue weighted by atomic mass is 32.1. The fraction of sp³-hybridized carbons (Fsp3) is 0. The van der Waals surface area contributed by atoms with Crippen molar-refractivity contribution in [2.45, 2.75) is 0 Å². The quantitative estimate of drug-likeness (QED) is 0.544. The lowest BCUT2D eigenvalue weighted by Gasteiger charge is -2.01. The van der Waals surface area contributed by atoms with E-state index in [0.29, 0.717) is 16.2 Å². The van der Waals surface area contributed by atoms with Crippen LogP contribution in [0.5, 0.6) is 0 Å². The monoisotopic (exact) mass is 305 g/mol. The predicted octanol–water partition coefficient (Wildman–Crippen LogP) is 4.58. The molecular formula is C18H11NO2S. The lowest BCUT2D eigenvalue weighted by atomic mass is 10.1. The van der Waals surface area contributed by atoms with Gasteiger partial charge in [-0.15, -0.1) is 11.3 Å². The van der Waals surface area contributed by atoms with Crippen molar-refractivity contribution in [3.8, 4) is 22.6 Å². The maximum Gasteiger partial charge on any atom is 0.285 e. The zero-order chi connectivity index (χ0) is 14.9. The molecule has 0 atom stereocenters. The van der Waals surface area contributed by atoms with E-state index in [1.165, 1.54) is 11.3 Å². The van der Waals surface area contributed by atoms with Crippen LogP contribution >= 0.6 is 11.3 Å². The Labute approximate surface area is 130 Å². The standard InChI is InChI=1S/C18H11NO2S/c20-16-15-14(12-7-3-1-4-8-12)11-22-18(15)21-17(19-16)13-9-5-2-6-10-13/h1-11H. The van der Waals surface area contributed by atoms with Gasteiger partial charge < -0.3 is 4.42 Å². The fourth-order valence-corrected chi connectivity index (χ4v) is 3.33. The van der Waals surface area contributed by atoms with E-state index in [1.54, 1.807) is 0 Å². The van der Waals surface area contributed by atoms with Gasteiger partial charge in [-0.1, -0.05) is 48.5 Å². The largest absolute Gasteiger partial charge is 0.427 e. The minimum absolute atomic E-state index is 0.250. The average Bonchev–Trinajstić information content (AvgIpc) is 3.01. The fourth-order valence-electron chi connectivity index (χ4n) is 2.41. The van der Waals surface area contributed by atoms with E-state index in [1.807, 2.05) is 66.0 Å². The van der Waals surface area contributed by atoms with Gasteiger partial charge in [0.15, 0.2) is 4.90 Å². The first-order valence-corrected chi connectivity index (χ1v) is 7.74. The van der Waals surface area contributed by atoms with Crippen LogP contribution < -0.4 is 5.56 Å². The molecule has 0 spiro atoms. The molecule has 4 rings (SSSR count). The highest BCUT2D eigenvalue weighted by Crippen LogP contribution is 2.33. The Balaban J connectivity index is 1.94. The third-order valence-corrected chi connectivity index (χ3v) is 4.32. The summed E-state index contributed by atoms with van der Waals surface area (Å²) in [6.45, 7) is 0. The number of benzene rings is 2. The van der Waals surface area contributed by atoms with Crippen molar-refractivity contribution < 1.29 is 4.42 Å². The minimum Gasteiger partial charge on any atom is -0.427 e. The Morgan fingerprint density at radius 1 is 0.864 bits per heavy atom. The van der Waals surface area contributed by atoms with Crippen molar-refractivity contribution in [1.29, 1.82) is 0 Å².